The summed E-state index contributed by atoms with van der Waals surface area (Å²) in [7, 11) is 0. The monoisotopic (exact) mass is 501 g/mol. The van der Waals surface area contributed by atoms with Crippen molar-refractivity contribution in [3.63, 3.8) is 0 Å². The van der Waals surface area contributed by atoms with Crippen molar-refractivity contribution in [2.75, 3.05) is 5.73 Å². The van der Waals surface area contributed by atoms with Crippen LogP contribution in [-0.2, 0) is 11.3 Å². The molecule has 0 unspecified atom stereocenters. The number of hydrogen-bond acceptors (Lipinski definition) is 4. The van der Waals surface area contributed by atoms with Crippen LogP contribution in [0, 0.1) is 12.7 Å². The van der Waals surface area contributed by atoms with Gasteiger partial charge in [0.1, 0.15) is 23.8 Å². The second-order valence-electron chi connectivity index (χ2n) is 9.90. The van der Waals surface area contributed by atoms with E-state index in [1.54, 1.807) is 18.3 Å². The van der Waals surface area contributed by atoms with Crippen molar-refractivity contribution in [2.24, 2.45) is 0 Å². The maximum atomic E-state index is 14.4. The predicted octanol–water partition coefficient (Wildman–Crippen LogP) is 6.38. The van der Waals surface area contributed by atoms with Crippen LogP contribution in [0.5, 0.6) is 0 Å². The summed E-state index contributed by atoms with van der Waals surface area (Å²) in [6, 6.07) is 24.4. The standard InChI is InChI=1S/C32H24FN3O2/c1-17-6-9-24-21(12-13-35-31(24)34)27(17)16-36-32(37)19-8-11-23-26(15-19)30-25-14-18(7-10-22(25)29(23)38-30)20-4-2-3-5-28(20)33/h2-15,29-30H,16H2,1H3,(H2,34,35)(H,36,37)/t29-,30+/m0/s1. The number of nitrogens with one attached hydrogen (secondary N) is 1. The van der Waals surface area contributed by atoms with Crippen LogP contribution < -0.4 is 11.1 Å². The largest absolute Gasteiger partial charge is 0.383 e. The first-order valence-electron chi connectivity index (χ1n) is 12.6. The minimum absolute atomic E-state index is 0.158. The number of ether oxygens (including phenoxy) is 1. The van der Waals surface area contributed by atoms with E-state index in [4.69, 9.17) is 10.5 Å². The zero-order chi connectivity index (χ0) is 26.0. The van der Waals surface area contributed by atoms with Gasteiger partial charge >= 0.3 is 0 Å². The van der Waals surface area contributed by atoms with Crippen LogP contribution in [0.3, 0.4) is 0 Å². The van der Waals surface area contributed by atoms with Crippen molar-refractivity contribution >= 4 is 22.5 Å². The van der Waals surface area contributed by atoms with E-state index < -0.39 is 0 Å². The third-order valence-electron chi connectivity index (χ3n) is 7.77. The number of aryl methyl sites for hydroxylation is 1. The molecule has 0 fully saturated rings. The number of halogens is 1. The lowest BCUT2D eigenvalue weighted by Gasteiger charge is -2.18. The average molecular weight is 502 g/mol. The molecule has 3 N–H and O–H groups in total. The number of nitrogens with zero attached hydrogens (tertiary/aromatic N) is 1. The Morgan fingerprint density at radius 3 is 2.53 bits per heavy atom. The molecular weight excluding hydrogens is 477 g/mol. The van der Waals surface area contributed by atoms with E-state index in [-0.39, 0.29) is 23.9 Å². The fraction of sp³-hybridized carbons (Fsp3) is 0.125. The van der Waals surface area contributed by atoms with Crippen molar-refractivity contribution in [2.45, 2.75) is 25.7 Å². The number of amides is 1. The number of carbonyl (C=O) groups excluding carboxylic acids is 1. The van der Waals surface area contributed by atoms with Crippen LogP contribution in [0.4, 0.5) is 10.2 Å². The number of carbonyl (C=O) groups is 1. The van der Waals surface area contributed by atoms with Crippen molar-refractivity contribution < 1.29 is 13.9 Å². The highest BCUT2D eigenvalue weighted by molar-refractivity contribution is 5.96. The summed E-state index contributed by atoms with van der Waals surface area (Å²) in [5.41, 5.74) is 14.3. The Morgan fingerprint density at radius 1 is 0.921 bits per heavy atom. The lowest BCUT2D eigenvalue weighted by molar-refractivity contribution is 0.0857. The number of aromatic nitrogens is 1. The lowest BCUT2D eigenvalue weighted by atomic mass is 9.83. The average Bonchev–Trinajstić information content (AvgIpc) is 3.50. The van der Waals surface area contributed by atoms with Crippen LogP contribution in [0.1, 0.15) is 55.9 Å². The number of nitrogens with two attached hydrogens (primary N) is 1. The van der Waals surface area contributed by atoms with E-state index >= 15 is 0 Å². The molecule has 186 valence electrons. The van der Waals surface area contributed by atoms with Gasteiger partial charge in [-0.3, -0.25) is 4.79 Å². The van der Waals surface area contributed by atoms with Gasteiger partial charge in [-0.15, -0.1) is 0 Å². The van der Waals surface area contributed by atoms with Crippen molar-refractivity contribution in [1.82, 2.24) is 10.3 Å². The molecule has 4 aromatic carbocycles. The Kier molecular flexibility index (Phi) is 5.06. The SMILES string of the molecule is Cc1ccc2c(N)nccc2c1CNC(=O)c1ccc2c(c1)[C@@H]1O[C@H]2c2ccc(-c3ccccc3F)cc21. The molecule has 5 aromatic rings. The molecule has 0 saturated heterocycles. The molecular formula is C32H24FN3O2. The van der Waals surface area contributed by atoms with Gasteiger partial charge in [0.15, 0.2) is 0 Å². The first-order valence-corrected chi connectivity index (χ1v) is 12.6. The molecule has 5 nitrogen and oxygen atoms in total. The van der Waals surface area contributed by atoms with Gasteiger partial charge in [0.05, 0.1) is 0 Å². The van der Waals surface area contributed by atoms with Gasteiger partial charge in [-0.25, -0.2) is 9.37 Å². The van der Waals surface area contributed by atoms with Crippen molar-refractivity contribution in [1.29, 1.82) is 0 Å². The summed E-state index contributed by atoms with van der Waals surface area (Å²) in [6.45, 7) is 2.40. The van der Waals surface area contributed by atoms with Crippen molar-refractivity contribution in [3.8, 4) is 11.1 Å². The highest BCUT2D eigenvalue weighted by Crippen LogP contribution is 2.54. The molecule has 2 atom stereocenters. The number of rotatable bonds is 4. The number of anilines is 1. The lowest BCUT2D eigenvalue weighted by Crippen LogP contribution is -2.23. The Hall–Kier alpha value is -4.55. The van der Waals surface area contributed by atoms with Gasteiger partial charge in [0, 0.05) is 29.3 Å². The molecule has 7 rings (SSSR count). The Morgan fingerprint density at radius 2 is 1.68 bits per heavy atom. The summed E-state index contributed by atoms with van der Waals surface area (Å²) < 4.78 is 20.8. The highest BCUT2D eigenvalue weighted by atomic mass is 19.1. The van der Waals surface area contributed by atoms with Crippen LogP contribution in [0.2, 0.25) is 0 Å². The van der Waals surface area contributed by atoms with E-state index in [1.165, 1.54) is 6.07 Å². The first kappa shape index (κ1) is 22.6. The van der Waals surface area contributed by atoms with Crippen LogP contribution >= 0.6 is 0 Å². The molecule has 2 bridgehead atoms. The van der Waals surface area contributed by atoms with Crippen LogP contribution in [0.25, 0.3) is 21.9 Å². The summed E-state index contributed by atoms with van der Waals surface area (Å²) in [6.07, 6.45) is 1.24. The third-order valence-corrected chi connectivity index (χ3v) is 7.77. The number of fused-ring (bicyclic) bond motifs is 9. The second kappa shape index (κ2) is 8.50. The summed E-state index contributed by atoms with van der Waals surface area (Å²) in [4.78, 5) is 17.4. The van der Waals surface area contributed by atoms with E-state index in [2.05, 4.69) is 10.3 Å². The molecule has 6 heteroatoms. The molecule has 0 saturated carbocycles. The molecule has 2 aliphatic rings. The van der Waals surface area contributed by atoms with Gasteiger partial charge in [0.2, 0.25) is 0 Å². The van der Waals surface area contributed by atoms with Gasteiger partial charge < -0.3 is 15.8 Å². The van der Waals surface area contributed by atoms with Gasteiger partial charge in [-0.1, -0.05) is 48.5 Å². The Bertz CT molecular complexity index is 1780. The molecule has 38 heavy (non-hydrogen) atoms. The maximum absolute atomic E-state index is 14.4. The predicted molar refractivity (Wildman–Crippen MR) is 145 cm³/mol. The highest BCUT2D eigenvalue weighted by Gasteiger charge is 2.43. The fourth-order valence-corrected chi connectivity index (χ4v) is 5.80. The molecule has 0 aliphatic carbocycles. The zero-order valence-corrected chi connectivity index (χ0v) is 20.7. The van der Waals surface area contributed by atoms with Gasteiger partial charge in [-0.05, 0) is 81.6 Å². The Balaban J connectivity index is 1.17. The molecule has 0 spiro atoms. The van der Waals surface area contributed by atoms with Crippen molar-refractivity contribution in [3.05, 3.63) is 130 Å². The first-order chi connectivity index (χ1) is 18.5. The summed E-state index contributed by atoms with van der Waals surface area (Å²) >= 11 is 0. The molecule has 1 aromatic heterocycles. The minimum atomic E-state index is -0.278. The number of hydrogen-bond donors (Lipinski definition) is 2. The normalized spacial score (nSPS) is 16.9. The van der Waals surface area contributed by atoms with E-state index in [0.29, 0.717) is 23.5 Å². The van der Waals surface area contributed by atoms with Crippen LogP contribution in [-0.4, -0.2) is 10.9 Å². The summed E-state index contributed by atoms with van der Waals surface area (Å²) in [5.74, 6) is 0.0628. The molecule has 2 aliphatic heterocycles. The van der Waals surface area contributed by atoms with E-state index in [9.17, 15) is 9.18 Å². The Labute approximate surface area is 219 Å². The van der Waals surface area contributed by atoms with E-state index in [1.807, 2.05) is 67.6 Å². The minimum Gasteiger partial charge on any atom is -0.383 e. The van der Waals surface area contributed by atoms with Crippen LogP contribution in [0.15, 0.2) is 85.1 Å². The quantitative estimate of drug-likeness (QED) is 0.299. The van der Waals surface area contributed by atoms with Gasteiger partial charge in [0.25, 0.3) is 5.91 Å². The zero-order valence-electron chi connectivity index (χ0n) is 20.7. The summed E-state index contributed by atoms with van der Waals surface area (Å²) in [5, 5.41) is 4.94. The topological polar surface area (TPSA) is 77.2 Å². The van der Waals surface area contributed by atoms with E-state index in [0.717, 1.165) is 49.7 Å². The second-order valence-corrected chi connectivity index (χ2v) is 9.90. The number of benzene rings is 4. The maximum Gasteiger partial charge on any atom is 0.251 e. The van der Waals surface area contributed by atoms with Gasteiger partial charge in [-0.2, -0.15) is 0 Å². The number of nitrogen functional groups attached to an aromatic ring is 1. The third kappa shape index (κ3) is 3.41. The smallest absolute Gasteiger partial charge is 0.251 e. The molecule has 1 amide bonds. The molecule has 0 radical (unpaired) electrons. The number of pyridine rings is 1. The molecule has 3 heterocycles. The fourth-order valence-electron chi connectivity index (χ4n) is 5.80.